The maximum absolute atomic E-state index is 13.2. The highest BCUT2D eigenvalue weighted by Crippen LogP contribution is 2.34. The largest absolute Gasteiger partial charge is 0.396 e. The number of halogens is 1. The van der Waals surface area contributed by atoms with E-state index in [1.54, 1.807) is 18.0 Å². The summed E-state index contributed by atoms with van der Waals surface area (Å²) >= 11 is 6.18. The van der Waals surface area contributed by atoms with Crippen molar-refractivity contribution in [3.05, 3.63) is 35.0 Å². The topological polar surface area (TPSA) is 81.8 Å². The van der Waals surface area contributed by atoms with Gasteiger partial charge in [0.15, 0.2) is 11.5 Å². The molecule has 1 aliphatic rings. The lowest BCUT2D eigenvalue weighted by Gasteiger charge is -2.38. The van der Waals surface area contributed by atoms with Gasteiger partial charge in [-0.1, -0.05) is 37.6 Å². The second-order valence-electron chi connectivity index (χ2n) is 7.49. The monoisotopic (exact) mass is 406 g/mol. The third kappa shape index (κ3) is 3.87. The summed E-state index contributed by atoms with van der Waals surface area (Å²) in [6, 6.07) is 7.39. The van der Waals surface area contributed by atoms with Gasteiger partial charge in [0.2, 0.25) is 6.35 Å². The smallest absolute Gasteiger partial charge is 0.277 e. The Hall–Kier alpha value is -2.09. The van der Waals surface area contributed by atoms with E-state index in [0.29, 0.717) is 41.2 Å². The fourth-order valence-electron chi connectivity index (χ4n) is 3.37. The summed E-state index contributed by atoms with van der Waals surface area (Å²) in [5.41, 5.74) is 1.28. The number of carbonyl (C=O) groups is 1. The van der Waals surface area contributed by atoms with Gasteiger partial charge in [0.05, 0.1) is 0 Å². The van der Waals surface area contributed by atoms with Crippen molar-refractivity contribution in [2.75, 3.05) is 25.1 Å². The zero-order chi connectivity index (χ0) is 20.4. The predicted octanol–water partition coefficient (Wildman–Crippen LogP) is 2.80. The van der Waals surface area contributed by atoms with Crippen molar-refractivity contribution < 1.29 is 15.0 Å². The molecule has 8 heteroatoms. The maximum Gasteiger partial charge on any atom is 0.277 e. The molecule has 7 nitrogen and oxygen atoms in total. The van der Waals surface area contributed by atoms with Crippen LogP contribution in [-0.4, -0.2) is 57.1 Å². The molecule has 0 saturated carbocycles. The quantitative estimate of drug-likeness (QED) is 0.738. The number of aromatic nitrogens is 2. The van der Waals surface area contributed by atoms with E-state index < -0.39 is 6.35 Å². The van der Waals surface area contributed by atoms with Crippen molar-refractivity contribution in [3.63, 3.8) is 0 Å². The molecule has 1 amide bonds. The Balaban J connectivity index is 2.13. The number of amides is 1. The number of hydrogen-bond donors (Lipinski definition) is 2. The van der Waals surface area contributed by atoms with E-state index in [9.17, 15) is 9.90 Å². The van der Waals surface area contributed by atoms with Gasteiger partial charge in [-0.3, -0.25) is 9.69 Å². The van der Waals surface area contributed by atoms with E-state index in [1.165, 1.54) is 4.90 Å². The number of rotatable bonds is 7. The Morgan fingerprint density at radius 3 is 2.68 bits per heavy atom. The van der Waals surface area contributed by atoms with Gasteiger partial charge < -0.3 is 19.7 Å². The Morgan fingerprint density at radius 2 is 2.04 bits per heavy atom. The Kier molecular flexibility index (Phi) is 6.27. The van der Waals surface area contributed by atoms with Crippen molar-refractivity contribution in [2.45, 2.75) is 39.6 Å². The second-order valence-corrected chi connectivity index (χ2v) is 7.92. The molecule has 1 aromatic heterocycles. The molecule has 2 heterocycles. The zero-order valence-corrected chi connectivity index (χ0v) is 17.2. The van der Waals surface area contributed by atoms with Crippen molar-refractivity contribution in [3.8, 4) is 11.4 Å². The normalized spacial score (nSPS) is 16.8. The fraction of sp³-hybridized carbons (Fsp3) is 0.500. The minimum absolute atomic E-state index is 0.0482. The van der Waals surface area contributed by atoms with Crippen LogP contribution in [0.15, 0.2) is 24.3 Å². The number of anilines is 1. The van der Waals surface area contributed by atoms with Gasteiger partial charge in [-0.15, -0.1) is 0 Å². The average molecular weight is 407 g/mol. The van der Waals surface area contributed by atoms with Crippen molar-refractivity contribution in [1.29, 1.82) is 0 Å². The number of aliphatic hydroxyl groups excluding tert-OH is 2. The highest BCUT2D eigenvalue weighted by molar-refractivity contribution is 6.30. The lowest BCUT2D eigenvalue weighted by molar-refractivity contribution is 0.00107. The first-order chi connectivity index (χ1) is 13.3. The summed E-state index contributed by atoms with van der Waals surface area (Å²) in [7, 11) is 1.71. The molecule has 0 fully saturated rings. The van der Waals surface area contributed by atoms with Crippen LogP contribution >= 0.6 is 11.6 Å². The minimum Gasteiger partial charge on any atom is -0.396 e. The molecule has 152 valence electrons. The number of nitrogens with zero attached hydrogens (tertiary/aromatic N) is 4. The van der Waals surface area contributed by atoms with Crippen LogP contribution in [0.5, 0.6) is 0 Å². The standard InChI is InChI=1S/C20H27ClN4O3/c1-13(2)8-10-24-16-18(22-17(24)14-6-4-7-15(21)12-14)23(3)20(28)25(19(16)27)9-5-11-26/h4,6-7,12-13,20,26,28H,5,8-11H2,1-3H3. The van der Waals surface area contributed by atoms with E-state index in [2.05, 4.69) is 13.8 Å². The van der Waals surface area contributed by atoms with E-state index >= 15 is 0 Å². The molecule has 2 N–H and O–H groups in total. The molecular weight excluding hydrogens is 380 g/mol. The van der Waals surface area contributed by atoms with Gasteiger partial charge in [0, 0.05) is 37.3 Å². The molecule has 0 aliphatic carbocycles. The van der Waals surface area contributed by atoms with Gasteiger partial charge in [-0.2, -0.15) is 0 Å². The zero-order valence-electron chi connectivity index (χ0n) is 16.5. The molecule has 0 radical (unpaired) electrons. The van der Waals surface area contributed by atoms with Gasteiger partial charge in [0.25, 0.3) is 5.91 Å². The van der Waals surface area contributed by atoms with E-state index in [0.717, 1.165) is 12.0 Å². The Labute approximate surface area is 170 Å². The highest BCUT2D eigenvalue weighted by Gasteiger charge is 2.39. The van der Waals surface area contributed by atoms with Crippen LogP contribution in [0.4, 0.5) is 5.82 Å². The first-order valence-electron chi connectivity index (χ1n) is 9.54. The van der Waals surface area contributed by atoms with Crippen LogP contribution in [0.25, 0.3) is 11.4 Å². The average Bonchev–Trinajstić information content (AvgIpc) is 3.04. The number of carbonyl (C=O) groups excluding carboxylic acids is 1. The van der Waals surface area contributed by atoms with Crippen LogP contribution < -0.4 is 4.90 Å². The SMILES string of the molecule is CC(C)CCn1c(-c2cccc(Cl)c2)nc2c1C(=O)N(CCCO)C(O)N2C. The fourth-order valence-corrected chi connectivity index (χ4v) is 3.56. The number of imidazole rings is 1. The predicted molar refractivity (Wildman–Crippen MR) is 109 cm³/mol. The summed E-state index contributed by atoms with van der Waals surface area (Å²) in [4.78, 5) is 20.9. The number of hydrogen-bond acceptors (Lipinski definition) is 5. The van der Waals surface area contributed by atoms with E-state index in [-0.39, 0.29) is 19.1 Å². The second kappa shape index (κ2) is 8.51. The van der Waals surface area contributed by atoms with Crippen LogP contribution in [-0.2, 0) is 6.54 Å². The molecule has 1 aromatic carbocycles. The van der Waals surface area contributed by atoms with Gasteiger partial charge >= 0.3 is 0 Å². The summed E-state index contributed by atoms with van der Waals surface area (Å²) in [6.07, 6.45) is 0.159. The van der Waals surface area contributed by atoms with Crippen LogP contribution in [0.2, 0.25) is 5.02 Å². The molecule has 3 rings (SSSR count). The molecule has 0 spiro atoms. The number of benzene rings is 1. The van der Waals surface area contributed by atoms with E-state index in [4.69, 9.17) is 21.7 Å². The summed E-state index contributed by atoms with van der Waals surface area (Å²) in [6.45, 7) is 5.11. The minimum atomic E-state index is -1.12. The lowest BCUT2D eigenvalue weighted by Crippen LogP contribution is -2.54. The molecule has 28 heavy (non-hydrogen) atoms. The molecule has 1 atom stereocenters. The lowest BCUT2D eigenvalue weighted by atomic mass is 10.1. The molecule has 1 aliphatic heterocycles. The van der Waals surface area contributed by atoms with Crippen LogP contribution in [0.3, 0.4) is 0 Å². The Morgan fingerprint density at radius 1 is 1.29 bits per heavy atom. The number of aliphatic hydroxyl groups is 2. The van der Waals surface area contributed by atoms with Crippen LogP contribution in [0.1, 0.15) is 37.2 Å². The maximum atomic E-state index is 13.2. The van der Waals surface area contributed by atoms with Gasteiger partial charge in [-0.25, -0.2) is 4.98 Å². The number of fused-ring (bicyclic) bond motifs is 1. The summed E-state index contributed by atoms with van der Waals surface area (Å²) < 4.78 is 1.93. The van der Waals surface area contributed by atoms with Crippen LogP contribution in [0, 0.1) is 5.92 Å². The Bertz CT molecular complexity index is 852. The van der Waals surface area contributed by atoms with E-state index in [1.807, 2.05) is 22.8 Å². The van der Waals surface area contributed by atoms with Crippen molar-refractivity contribution in [1.82, 2.24) is 14.5 Å². The summed E-state index contributed by atoms with van der Waals surface area (Å²) in [5.74, 6) is 1.29. The van der Waals surface area contributed by atoms with Gasteiger partial charge in [-0.05, 0) is 30.9 Å². The van der Waals surface area contributed by atoms with Crippen molar-refractivity contribution >= 4 is 23.3 Å². The molecular formula is C20H27ClN4O3. The third-order valence-corrected chi connectivity index (χ3v) is 5.18. The first-order valence-corrected chi connectivity index (χ1v) is 9.92. The molecule has 2 aromatic rings. The first kappa shape index (κ1) is 20.6. The molecule has 0 saturated heterocycles. The molecule has 1 unspecified atom stereocenters. The van der Waals surface area contributed by atoms with Crippen molar-refractivity contribution in [2.24, 2.45) is 5.92 Å². The highest BCUT2D eigenvalue weighted by atomic mass is 35.5. The summed E-state index contributed by atoms with van der Waals surface area (Å²) in [5, 5.41) is 20.3. The third-order valence-electron chi connectivity index (χ3n) is 4.94. The van der Waals surface area contributed by atoms with Gasteiger partial charge in [0.1, 0.15) is 5.82 Å². The molecule has 0 bridgehead atoms.